The van der Waals surface area contributed by atoms with Crippen molar-refractivity contribution < 1.29 is 19.1 Å². The van der Waals surface area contributed by atoms with Crippen molar-refractivity contribution in [3.63, 3.8) is 0 Å². The summed E-state index contributed by atoms with van der Waals surface area (Å²) in [7, 11) is 0. The molecule has 1 heterocycles. The van der Waals surface area contributed by atoms with Crippen LogP contribution >= 0.6 is 23.2 Å². The number of amides is 3. The summed E-state index contributed by atoms with van der Waals surface area (Å²) in [4.78, 5) is 42.4. The molecule has 0 aromatic heterocycles. The number of hydrogen-bond donors (Lipinski definition) is 0. The normalized spacial score (nSPS) is 15.5. The van der Waals surface area contributed by atoms with Gasteiger partial charge in [0.1, 0.15) is 11.8 Å². The van der Waals surface area contributed by atoms with E-state index in [0.29, 0.717) is 33.7 Å². The Balaban J connectivity index is 1.65. The highest BCUT2D eigenvalue weighted by atomic mass is 35.5. The van der Waals surface area contributed by atoms with Gasteiger partial charge in [-0.05, 0) is 73.2 Å². The van der Waals surface area contributed by atoms with Gasteiger partial charge in [0.2, 0.25) is 5.91 Å². The largest absolute Gasteiger partial charge is 0.494 e. The zero-order chi connectivity index (χ0) is 24.2. The van der Waals surface area contributed by atoms with E-state index in [2.05, 4.69) is 0 Å². The summed E-state index contributed by atoms with van der Waals surface area (Å²) in [5.41, 5.74) is 1.59. The lowest BCUT2D eigenvalue weighted by molar-refractivity contribution is -0.122. The second-order valence-electron chi connectivity index (χ2n) is 7.78. The Morgan fingerprint density at radius 1 is 0.941 bits per heavy atom. The molecule has 6 nitrogen and oxygen atoms in total. The molecule has 0 saturated carbocycles. The van der Waals surface area contributed by atoms with Crippen LogP contribution < -0.4 is 9.64 Å². The van der Waals surface area contributed by atoms with Gasteiger partial charge in [-0.25, -0.2) is 4.90 Å². The molecule has 0 N–H and O–H groups in total. The third-order valence-electron chi connectivity index (χ3n) is 5.52. The Bertz CT molecular complexity index is 1190. The number of ether oxygens (including phenoxy) is 1. The molecule has 174 valence electrons. The van der Waals surface area contributed by atoms with E-state index in [9.17, 15) is 14.4 Å². The highest BCUT2D eigenvalue weighted by molar-refractivity contribution is 6.31. The number of carbonyl (C=O) groups is 3. The van der Waals surface area contributed by atoms with Crippen LogP contribution in [-0.4, -0.2) is 35.3 Å². The first-order valence-corrected chi connectivity index (χ1v) is 11.5. The molecule has 0 spiro atoms. The van der Waals surface area contributed by atoms with Crippen LogP contribution in [0.1, 0.15) is 29.3 Å². The van der Waals surface area contributed by atoms with Crippen molar-refractivity contribution in [2.75, 3.05) is 11.5 Å². The fraction of sp³-hybridized carbons (Fsp3) is 0.192. The van der Waals surface area contributed by atoms with Gasteiger partial charge in [-0.3, -0.25) is 14.4 Å². The van der Waals surface area contributed by atoms with E-state index < -0.39 is 11.9 Å². The lowest BCUT2D eigenvalue weighted by Gasteiger charge is -2.28. The first kappa shape index (κ1) is 23.8. The van der Waals surface area contributed by atoms with Crippen molar-refractivity contribution in [1.82, 2.24) is 4.90 Å². The van der Waals surface area contributed by atoms with Gasteiger partial charge < -0.3 is 9.64 Å². The number of imide groups is 1. The van der Waals surface area contributed by atoms with Gasteiger partial charge in [0.15, 0.2) is 0 Å². The van der Waals surface area contributed by atoms with E-state index in [1.165, 1.54) is 4.90 Å². The second kappa shape index (κ2) is 10.3. The van der Waals surface area contributed by atoms with E-state index in [-0.39, 0.29) is 24.8 Å². The number of benzene rings is 3. The summed E-state index contributed by atoms with van der Waals surface area (Å²) in [5.74, 6) is -0.551. The van der Waals surface area contributed by atoms with Crippen molar-refractivity contribution in [2.24, 2.45) is 0 Å². The Labute approximate surface area is 207 Å². The van der Waals surface area contributed by atoms with E-state index in [1.807, 2.05) is 6.92 Å². The van der Waals surface area contributed by atoms with Crippen molar-refractivity contribution in [1.29, 1.82) is 0 Å². The Morgan fingerprint density at radius 3 is 2.12 bits per heavy atom. The Kier molecular flexibility index (Phi) is 7.20. The van der Waals surface area contributed by atoms with Crippen LogP contribution in [0.2, 0.25) is 10.0 Å². The molecular weight excluding hydrogens is 475 g/mol. The molecule has 3 aromatic carbocycles. The molecule has 1 fully saturated rings. The fourth-order valence-corrected chi connectivity index (χ4v) is 4.11. The molecule has 0 radical (unpaired) electrons. The smallest absolute Gasteiger partial charge is 0.257 e. The maximum atomic E-state index is 13.5. The average molecular weight is 497 g/mol. The predicted molar refractivity (Wildman–Crippen MR) is 131 cm³/mol. The zero-order valence-corrected chi connectivity index (χ0v) is 19.9. The molecule has 0 bridgehead atoms. The lowest BCUT2D eigenvalue weighted by atomic mass is 10.1. The third kappa shape index (κ3) is 5.08. The highest BCUT2D eigenvalue weighted by Crippen LogP contribution is 2.29. The highest BCUT2D eigenvalue weighted by Gasteiger charge is 2.44. The molecule has 0 aliphatic carbocycles. The molecule has 1 atom stereocenters. The Hall–Kier alpha value is -3.35. The molecule has 3 aromatic rings. The summed E-state index contributed by atoms with van der Waals surface area (Å²) < 4.78 is 5.44. The van der Waals surface area contributed by atoms with Crippen molar-refractivity contribution in [3.8, 4) is 5.75 Å². The SMILES string of the molecule is CCOc1ccc(N2C(=O)CC(N(Cc3ccc(Cl)cc3)C(=O)c3ccc(Cl)cc3)C2=O)cc1. The summed E-state index contributed by atoms with van der Waals surface area (Å²) in [6.07, 6.45) is -0.112. The molecule has 8 heteroatoms. The summed E-state index contributed by atoms with van der Waals surface area (Å²) >= 11 is 12.0. The third-order valence-corrected chi connectivity index (χ3v) is 6.03. The minimum Gasteiger partial charge on any atom is -0.494 e. The van der Waals surface area contributed by atoms with Gasteiger partial charge in [-0.1, -0.05) is 35.3 Å². The van der Waals surface area contributed by atoms with E-state index >= 15 is 0 Å². The summed E-state index contributed by atoms with van der Waals surface area (Å²) in [5, 5.41) is 1.06. The number of nitrogens with zero attached hydrogens (tertiary/aromatic N) is 2. The molecule has 1 unspecified atom stereocenters. The summed E-state index contributed by atoms with van der Waals surface area (Å²) in [6.45, 7) is 2.52. The molecule has 1 aliphatic rings. The zero-order valence-electron chi connectivity index (χ0n) is 18.4. The van der Waals surface area contributed by atoms with E-state index in [4.69, 9.17) is 27.9 Å². The molecule has 1 saturated heterocycles. The summed E-state index contributed by atoms with van der Waals surface area (Å²) in [6, 6.07) is 19.2. The number of carbonyl (C=O) groups excluding carboxylic acids is 3. The van der Waals surface area contributed by atoms with Gasteiger partial charge in [-0.15, -0.1) is 0 Å². The van der Waals surface area contributed by atoms with Crippen LogP contribution in [0.25, 0.3) is 0 Å². The van der Waals surface area contributed by atoms with Crippen LogP contribution in [0.3, 0.4) is 0 Å². The monoisotopic (exact) mass is 496 g/mol. The van der Waals surface area contributed by atoms with Gasteiger partial charge in [0.05, 0.1) is 18.7 Å². The van der Waals surface area contributed by atoms with Gasteiger partial charge >= 0.3 is 0 Å². The fourth-order valence-electron chi connectivity index (χ4n) is 3.86. The first-order chi connectivity index (χ1) is 16.4. The number of anilines is 1. The molecule has 4 rings (SSSR count). The average Bonchev–Trinajstić information content (AvgIpc) is 3.13. The number of halogens is 2. The molecule has 3 amide bonds. The van der Waals surface area contributed by atoms with Crippen molar-refractivity contribution in [3.05, 3.63) is 94.0 Å². The van der Waals surface area contributed by atoms with E-state index in [1.54, 1.807) is 72.8 Å². The molecule has 34 heavy (non-hydrogen) atoms. The number of hydrogen-bond acceptors (Lipinski definition) is 4. The second-order valence-corrected chi connectivity index (χ2v) is 8.65. The van der Waals surface area contributed by atoms with Crippen LogP contribution in [0, 0.1) is 0 Å². The molecular formula is C26H22Cl2N2O4. The topological polar surface area (TPSA) is 66.9 Å². The van der Waals surface area contributed by atoms with Crippen LogP contribution in [-0.2, 0) is 16.1 Å². The van der Waals surface area contributed by atoms with Gasteiger partial charge in [-0.2, -0.15) is 0 Å². The number of rotatable bonds is 7. The van der Waals surface area contributed by atoms with Gasteiger partial charge in [0, 0.05) is 22.2 Å². The minimum atomic E-state index is -0.946. The minimum absolute atomic E-state index is 0.112. The predicted octanol–water partition coefficient (Wildman–Crippen LogP) is 5.37. The maximum Gasteiger partial charge on any atom is 0.257 e. The maximum absolute atomic E-state index is 13.5. The first-order valence-electron chi connectivity index (χ1n) is 10.8. The standard InChI is InChI=1S/C26H22Cl2N2O4/c1-2-34-22-13-11-21(12-14-22)30-24(31)15-23(26(30)33)29(16-17-3-7-19(27)8-4-17)25(32)18-5-9-20(28)10-6-18/h3-14,23H,2,15-16H2,1H3. The van der Waals surface area contributed by atoms with Crippen molar-refractivity contribution >= 4 is 46.6 Å². The van der Waals surface area contributed by atoms with Crippen LogP contribution in [0.4, 0.5) is 5.69 Å². The lowest BCUT2D eigenvalue weighted by Crippen LogP contribution is -2.45. The Morgan fingerprint density at radius 2 is 1.53 bits per heavy atom. The quantitative estimate of drug-likeness (QED) is 0.412. The molecule has 1 aliphatic heterocycles. The van der Waals surface area contributed by atoms with Crippen LogP contribution in [0.15, 0.2) is 72.8 Å². The van der Waals surface area contributed by atoms with Crippen LogP contribution in [0.5, 0.6) is 5.75 Å². The van der Waals surface area contributed by atoms with Crippen molar-refractivity contribution in [2.45, 2.75) is 25.9 Å². The van der Waals surface area contributed by atoms with Gasteiger partial charge in [0.25, 0.3) is 11.8 Å². The van der Waals surface area contributed by atoms with E-state index in [0.717, 1.165) is 10.5 Å².